The summed E-state index contributed by atoms with van der Waals surface area (Å²) in [5.74, 6) is -0.131. The zero-order valence-corrected chi connectivity index (χ0v) is 14.0. The van der Waals surface area contributed by atoms with Crippen molar-refractivity contribution in [1.82, 2.24) is 5.32 Å². The van der Waals surface area contributed by atoms with Gasteiger partial charge in [-0.25, -0.2) is 0 Å². The smallest absolute Gasteiger partial charge is 0.265 e. The monoisotopic (exact) mass is 321 g/mol. The molecule has 1 saturated heterocycles. The molecule has 0 radical (unpaired) electrons. The molecule has 6 nitrogen and oxygen atoms in total. The van der Waals surface area contributed by atoms with Gasteiger partial charge in [0.15, 0.2) is 0 Å². The van der Waals surface area contributed by atoms with Crippen LogP contribution in [0.25, 0.3) is 0 Å². The quantitative estimate of drug-likeness (QED) is 0.517. The highest BCUT2D eigenvalue weighted by Crippen LogP contribution is 2.19. The molecule has 2 N–H and O–H groups in total. The molecule has 0 saturated carbocycles. The third-order valence-electron chi connectivity index (χ3n) is 4.21. The standard InChI is InChI=1S/C14H28N2O4S/c1-13(2)14(17)15-7-11-16(8-4-3-5-9-16)10-6-12-21(18,19)20/h13H,3-12H2,1-2H3,(H-,15,17,18,19,20)/p+1. The van der Waals surface area contributed by atoms with Crippen LogP contribution in [-0.2, 0) is 14.9 Å². The Morgan fingerprint density at radius 2 is 1.81 bits per heavy atom. The Morgan fingerprint density at radius 1 is 1.19 bits per heavy atom. The first-order valence-corrected chi connectivity index (χ1v) is 9.43. The van der Waals surface area contributed by atoms with Gasteiger partial charge in [0.1, 0.15) is 0 Å². The van der Waals surface area contributed by atoms with Crippen LogP contribution in [-0.4, -0.2) is 61.8 Å². The lowest BCUT2D eigenvalue weighted by molar-refractivity contribution is -0.931. The van der Waals surface area contributed by atoms with Gasteiger partial charge in [-0.3, -0.25) is 9.35 Å². The molecule has 0 atom stereocenters. The normalized spacial score (nSPS) is 18.7. The second-order valence-electron chi connectivity index (χ2n) is 6.38. The number of nitrogens with zero attached hydrogens (tertiary/aromatic N) is 1. The van der Waals surface area contributed by atoms with Gasteiger partial charge in [0.05, 0.1) is 38.5 Å². The van der Waals surface area contributed by atoms with Gasteiger partial charge in [0, 0.05) is 12.3 Å². The minimum atomic E-state index is -3.88. The van der Waals surface area contributed by atoms with Gasteiger partial charge in [-0.2, -0.15) is 8.42 Å². The molecule has 1 aliphatic heterocycles. The van der Waals surface area contributed by atoms with E-state index in [0.29, 0.717) is 13.0 Å². The van der Waals surface area contributed by atoms with E-state index in [4.69, 9.17) is 4.55 Å². The largest absolute Gasteiger partial charge is 0.350 e. The first-order valence-electron chi connectivity index (χ1n) is 7.82. The van der Waals surface area contributed by atoms with Gasteiger partial charge in [-0.1, -0.05) is 13.8 Å². The molecule has 0 aliphatic carbocycles. The Balaban J connectivity index is 2.47. The van der Waals surface area contributed by atoms with Crippen LogP contribution >= 0.6 is 0 Å². The second kappa shape index (κ2) is 8.10. The molecular formula is C14H29N2O4S+. The summed E-state index contributed by atoms with van der Waals surface area (Å²) in [4.78, 5) is 11.6. The number of carbonyl (C=O) groups is 1. The third-order valence-corrected chi connectivity index (χ3v) is 5.01. The number of piperidine rings is 1. The highest BCUT2D eigenvalue weighted by molar-refractivity contribution is 7.85. The maximum atomic E-state index is 11.6. The van der Waals surface area contributed by atoms with Crippen LogP contribution in [0.15, 0.2) is 0 Å². The Bertz CT molecular complexity index is 428. The predicted molar refractivity (Wildman–Crippen MR) is 82.5 cm³/mol. The van der Waals surface area contributed by atoms with E-state index in [2.05, 4.69) is 5.32 Å². The van der Waals surface area contributed by atoms with Crippen molar-refractivity contribution < 1.29 is 22.2 Å². The number of likely N-dealkylation sites (tertiary alicyclic amines) is 1. The molecular weight excluding hydrogens is 292 g/mol. The van der Waals surface area contributed by atoms with Crippen LogP contribution < -0.4 is 5.32 Å². The molecule has 0 aromatic carbocycles. The van der Waals surface area contributed by atoms with Crippen molar-refractivity contribution in [2.24, 2.45) is 5.92 Å². The van der Waals surface area contributed by atoms with Gasteiger partial charge in [-0.05, 0) is 19.3 Å². The Morgan fingerprint density at radius 3 is 2.33 bits per heavy atom. The summed E-state index contributed by atoms with van der Waals surface area (Å²) in [6, 6.07) is 0. The number of hydrogen-bond donors (Lipinski definition) is 2. The molecule has 0 spiro atoms. The molecule has 124 valence electrons. The van der Waals surface area contributed by atoms with Crippen molar-refractivity contribution in [1.29, 1.82) is 0 Å². The Hall–Kier alpha value is -0.660. The molecule has 21 heavy (non-hydrogen) atoms. The Kier molecular flexibility index (Phi) is 7.09. The molecule has 0 bridgehead atoms. The van der Waals surface area contributed by atoms with E-state index >= 15 is 0 Å². The van der Waals surface area contributed by atoms with Crippen LogP contribution in [0.1, 0.15) is 39.5 Å². The topological polar surface area (TPSA) is 83.5 Å². The lowest BCUT2D eigenvalue weighted by atomic mass is 10.1. The SMILES string of the molecule is CC(C)C(=O)NCC[N+]1(CCCS(=O)(=O)O)CCCCC1. The van der Waals surface area contributed by atoms with Crippen molar-refractivity contribution in [3.05, 3.63) is 0 Å². The van der Waals surface area contributed by atoms with E-state index in [9.17, 15) is 13.2 Å². The first-order chi connectivity index (χ1) is 9.74. The van der Waals surface area contributed by atoms with Crippen molar-refractivity contribution in [3.8, 4) is 0 Å². The van der Waals surface area contributed by atoms with Crippen LogP contribution in [0.5, 0.6) is 0 Å². The number of rotatable bonds is 8. The molecule has 0 aromatic rings. The third kappa shape index (κ3) is 7.24. The lowest BCUT2D eigenvalue weighted by Crippen LogP contribution is -2.55. The number of quaternary nitrogens is 1. The highest BCUT2D eigenvalue weighted by Gasteiger charge is 2.29. The first kappa shape index (κ1) is 18.4. The summed E-state index contributed by atoms with van der Waals surface area (Å²) in [7, 11) is -3.88. The summed E-state index contributed by atoms with van der Waals surface area (Å²) in [6.45, 7) is 8.01. The van der Waals surface area contributed by atoms with Gasteiger partial charge in [-0.15, -0.1) is 0 Å². The Labute approximate surface area is 128 Å². The summed E-state index contributed by atoms with van der Waals surface area (Å²) in [5, 5.41) is 2.94. The molecule has 1 amide bonds. The maximum absolute atomic E-state index is 11.6. The lowest BCUT2D eigenvalue weighted by Gasteiger charge is -2.41. The fourth-order valence-electron chi connectivity index (χ4n) is 2.94. The molecule has 0 aromatic heterocycles. The zero-order valence-electron chi connectivity index (χ0n) is 13.2. The van der Waals surface area contributed by atoms with Crippen molar-refractivity contribution >= 4 is 16.0 Å². The molecule has 1 rings (SSSR count). The maximum Gasteiger partial charge on any atom is 0.265 e. The average molecular weight is 321 g/mol. The van der Waals surface area contributed by atoms with E-state index in [1.807, 2.05) is 13.8 Å². The molecule has 0 unspecified atom stereocenters. The summed E-state index contributed by atoms with van der Waals surface area (Å²) in [5.41, 5.74) is 0. The van der Waals surface area contributed by atoms with E-state index in [-0.39, 0.29) is 17.6 Å². The van der Waals surface area contributed by atoms with Crippen LogP contribution in [0.2, 0.25) is 0 Å². The summed E-state index contributed by atoms with van der Waals surface area (Å²) in [6.07, 6.45) is 3.97. The van der Waals surface area contributed by atoms with E-state index in [1.54, 1.807) is 0 Å². The molecule has 1 fully saturated rings. The van der Waals surface area contributed by atoms with Crippen molar-refractivity contribution in [2.75, 3.05) is 38.5 Å². The predicted octanol–water partition coefficient (Wildman–Crippen LogP) is 1.04. The van der Waals surface area contributed by atoms with E-state index < -0.39 is 10.1 Å². The number of amides is 1. The van der Waals surface area contributed by atoms with Crippen molar-refractivity contribution in [3.63, 3.8) is 0 Å². The number of carbonyl (C=O) groups excluding carboxylic acids is 1. The van der Waals surface area contributed by atoms with Crippen LogP contribution in [0.3, 0.4) is 0 Å². The van der Waals surface area contributed by atoms with Crippen molar-refractivity contribution in [2.45, 2.75) is 39.5 Å². The summed E-state index contributed by atoms with van der Waals surface area (Å²) >= 11 is 0. The molecule has 7 heteroatoms. The van der Waals surface area contributed by atoms with Gasteiger partial charge in [0.25, 0.3) is 10.1 Å². The fraction of sp³-hybridized carbons (Fsp3) is 0.929. The minimum Gasteiger partial charge on any atom is -0.350 e. The van der Waals surface area contributed by atoms with E-state index in [0.717, 1.165) is 43.5 Å². The number of hydrogen-bond acceptors (Lipinski definition) is 3. The minimum absolute atomic E-state index is 0.0145. The van der Waals surface area contributed by atoms with Gasteiger partial charge in [0.2, 0.25) is 5.91 Å². The van der Waals surface area contributed by atoms with Crippen LogP contribution in [0.4, 0.5) is 0 Å². The summed E-state index contributed by atoms with van der Waals surface area (Å²) < 4.78 is 31.4. The zero-order chi connectivity index (χ0) is 15.9. The fourth-order valence-corrected chi connectivity index (χ4v) is 3.44. The molecule has 1 heterocycles. The van der Waals surface area contributed by atoms with Gasteiger partial charge < -0.3 is 9.80 Å². The van der Waals surface area contributed by atoms with Crippen LogP contribution in [0, 0.1) is 5.92 Å². The van der Waals surface area contributed by atoms with E-state index in [1.165, 1.54) is 6.42 Å². The highest BCUT2D eigenvalue weighted by atomic mass is 32.2. The molecule has 1 aliphatic rings. The average Bonchev–Trinajstić information content (AvgIpc) is 2.38. The second-order valence-corrected chi connectivity index (χ2v) is 7.95. The number of nitrogens with one attached hydrogen (secondary N) is 1. The van der Waals surface area contributed by atoms with Gasteiger partial charge >= 0.3 is 0 Å².